The number of aromatic nitrogens is 2. The van der Waals surface area contributed by atoms with E-state index >= 15 is 0 Å². The van der Waals surface area contributed by atoms with Crippen LogP contribution in [0.3, 0.4) is 0 Å². The molecule has 0 unspecified atom stereocenters. The molecule has 2 rings (SSSR count). The van der Waals surface area contributed by atoms with Gasteiger partial charge in [0, 0.05) is 19.3 Å². The minimum absolute atomic E-state index is 0.174. The van der Waals surface area contributed by atoms with Crippen LogP contribution in [0, 0.1) is 5.92 Å². The van der Waals surface area contributed by atoms with Gasteiger partial charge in [0.2, 0.25) is 11.0 Å². The summed E-state index contributed by atoms with van der Waals surface area (Å²) in [5.74, 6) is -0.0200. The Morgan fingerprint density at radius 3 is 2.84 bits per heavy atom. The van der Waals surface area contributed by atoms with Crippen molar-refractivity contribution in [2.75, 3.05) is 5.32 Å². The maximum atomic E-state index is 11.9. The van der Waals surface area contributed by atoms with Gasteiger partial charge in [-0.05, 0) is 5.92 Å². The standard InChI is InChI=1S/C11H15N5O2S/c1-6(2)5-9-15-16-11(19-9)12-10(18)7-3-4-8(17)14-13-7/h6H,3-5H2,1-2H3,(H,14,17)(H,12,16,18). The van der Waals surface area contributed by atoms with E-state index in [0.717, 1.165) is 11.4 Å². The second-order valence-electron chi connectivity index (χ2n) is 4.65. The molecule has 0 saturated carbocycles. The highest BCUT2D eigenvalue weighted by Crippen LogP contribution is 2.18. The first-order valence-electron chi connectivity index (χ1n) is 6.03. The van der Waals surface area contributed by atoms with Gasteiger partial charge in [-0.3, -0.25) is 14.9 Å². The molecule has 1 aliphatic rings. The van der Waals surface area contributed by atoms with Crippen molar-refractivity contribution in [2.24, 2.45) is 11.0 Å². The molecule has 1 aromatic heterocycles. The van der Waals surface area contributed by atoms with Crippen LogP contribution in [0.2, 0.25) is 0 Å². The largest absolute Gasteiger partial charge is 0.295 e. The van der Waals surface area contributed by atoms with E-state index in [1.807, 2.05) is 0 Å². The molecule has 1 aliphatic heterocycles. The molecule has 0 saturated heterocycles. The average Bonchev–Trinajstić information content (AvgIpc) is 2.76. The zero-order valence-electron chi connectivity index (χ0n) is 10.8. The number of carbonyl (C=O) groups is 2. The number of hydrogen-bond acceptors (Lipinski definition) is 6. The molecule has 0 atom stereocenters. The predicted octanol–water partition coefficient (Wildman–Crippen LogP) is 0.941. The number of hydrazone groups is 1. The quantitative estimate of drug-likeness (QED) is 0.858. The number of rotatable bonds is 4. The third kappa shape index (κ3) is 3.82. The van der Waals surface area contributed by atoms with Crippen molar-refractivity contribution in [1.82, 2.24) is 15.6 Å². The first-order valence-corrected chi connectivity index (χ1v) is 6.85. The molecule has 8 heteroatoms. The first kappa shape index (κ1) is 13.6. The van der Waals surface area contributed by atoms with Gasteiger partial charge in [-0.2, -0.15) is 5.10 Å². The molecular weight excluding hydrogens is 266 g/mol. The molecule has 2 heterocycles. The monoisotopic (exact) mass is 281 g/mol. The lowest BCUT2D eigenvalue weighted by Crippen LogP contribution is -2.32. The molecule has 0 spiro atoms. The molecule has 19 heavy (non-hydrogen) atoms. The highest BCUT2D eigenvalue weighted by molar-refractivity contribution is 7.15. The van der Waals surface area contributed by atoms with Gasteiger partial charge in [0.1, 0.15) is 10.7 Å². The van der Waals surface area contributed by atoms with E-state index in [0.29, 0.717) is 23.2 Å². The normalized spacial score (nSPS) is 15.1. The Bertz CT molecular complexity index is 523. The van der Waals surface area contributed by atoms with E-state index in [2.05, 4.69) is 39.9 Å². The van der Waals surface area contributed by atoms with Crippen LogP contribution in [0.15, 0.2) is 5.10 Å². The SMILES string of the molecule is CC(C)Cc1nnc(NC(=O)C2=NNC(=O)CC2)s1. The van der Waals surface area contributed by atoms with Crippen LogP contribution in [0.4, 0.5) is 5.13 Å². The molecule has 102 valence electrons. The topological polar surface area (TPSA) is 96.3 Å². The molecule has 7 nitrogen and oxygen atoms in total. The number of nitrogens with zero attached hydrogens (tertiary/aromatic N) is 3. The lowest BCUT2D eigenvalue weighted by atomic mass is 10.1. The Morgan fingerprint density at radius 1 is 1.42 bits per heavy atom. The van der Waals surface area contributed by atoms with Gasteiger partial charge in [-0.1, -0.05) is 25.2 Å². The first-order chi connectivity index (χ1) is 9.04. The molecular formula is C11H15N5O2S. The lowest BCUT2D eigenvalue weighted by molar-refractivity contribution is -0.121. The Morgan fingerprint density at radius 2 is 2.21 bits per heavy atom. The molecule has 0 aliphatic carbocycles. The van der Waals surface area contributed by atoms with Crippen LogP contribution < -0.4 is 10.7 Å². The summed E-state index contributed by atoms with van der Waals surface area (Å²) < 4.78 is 0. The van der Waals surface area contributed by atoms with E-state index in [9.17, 15) is 9.59 Å². The van der Waals surface area contributed by atoms with Gasteiger partial charge in [-0.25, -0.2) is 5.43 Å². The highest BCUT2D eigenvalue weighted by Gasteiger charge is 2.19. The second-order valence-corrected chi connectivity index (χ2v) is 5.71. The predicted molar refractivity (Wildman–Crippen MR) is 71.9 cm³/mol. The van der Waals surface area contributed by atoms with Crippen molar-refractivity contribution in [1.29, 1.82) is 0 Å². The van der Waals surface area contributed by atoms with Crippen molar-refractivity contribution < 1.29 is 9.59 Å². The summed E-state index contributed by atoms with van der Waals surface area (Å²) in [6, 6.07) is 0. The van der Waals surface area contributed by atoms with Gasteiger partial charge in [0.25, 0.3) is 5.91 Å². The summed E-state index contributed by atoms with van der Waals surface area (Å²) in [6.45, 7) is 4.19. The van der Waals surface area contributed by atoms with Crippen LogP contribution in [0.5, 0.6) is 0 Å². The van der Waals surface area contributed by atoms with Crippen molar-refractivity contribution in [2.45, 2.75) is 33.1 Å². The third-order valence-corrected chi connectivity index (χ3v) is 3.30. The van der Waals surface area contributed by atoms with E-state index < -0.39 is 0 Å². The third-order valence-electron chi connectivity index (χ3n) is 2.44. The summed E-state index contributed by atoms with van der Waals surface area (Å²) in [5.41, 5.74) is 2.59. The molecule has 2 amide bonds. The molecule has 0 bridgehead atoms. The smallest absolute Gasteiger partial charge is 0.273 e. The summed E-state index contributed by atoms with van der Waals surface area (Å²) in [7, 11) is 0. The summed E-state index contributed by atoms with van der Waals surface area (Å²) in [6.07, 6.45) is 1.46. The number of carbonyl (C=O) groups excluding carboxylic acids is 2. The number of hydrogen-bond donors (Lipinski definition) is 2. The minimum Gasteiger partial charge on any atom is -0.295 e. The fourth-order valence-corrected chi connectivity index (χ4v) is 2.49. The van der Waals surface area contributed by atoms with E-state index in [4.69, 9.17) is 0 Å². The summed E-state index contributed by atoms with van der Waals surface area (Å²) in [5, 5.41) is 15.6. The maximum Gasteiger partial charge on any atom is 0.273 e. The molecule has 0 fully saturated rings. The lowest BCUT2D eigenvalue weighted by Gasteiger charge is -2.10. The van der Waals surface area contributed by atoms with Gasteiger partial charge < -0.3 is 0 Å². The van der Waals surface area contributed by atoms with Crippen molar-refractivity contribution in [3.05, 3.63) is 5.01 Å². The summed E-state index contributed by atoms with van der Waals surface area (Å²) >= 11 is 1.36. The zero-order chi connectivity index (χ0) is 13.8. The fraction of sp³-hybridized carbons (Fsp3) is 0.545. The molecule has 0 radical (unpaired) electrons. The Hall–Kier alpha value is -1.83. The van der Waals surface area contributed by atoms with Crippen molar-refractivity contribution in [3.8, 4) is 0 Å². The number of anilines is 1. The maximum absolute atomic E-state index is 11.9. The average molecular weight is 281 g/mol. The van der Waals surface area contributed by atoms with Gasteiger partial charge in [-0.15, -0.1) is 10.2 Å². The van der Waals surface area contributed by atoms with Crippen LogP contribution in [0.1, 0.15) is 31.7 Å². The van der Waals surface area contributed by atoms with E-state index in [1.165, 1.54) is 11.3 Å². The Kier molecular flexibility index (Phi) is 4.20. The van der Waals surface area contributed by atoms with E-state index in [-0.39, 0.29) is 18.2 Å². The van der Waals surface area contributed by atoms with Crippen LogP contribution in [-0.2, 0) is 16.0 Å². The van der Waals surface area contributed by atoms with Gasteiger partial charge in [0.05, 0.1) is 0 Å². The van der Waals surface area contributed by atoms with Gasteiger partial charge in [0.15, 0.2) is 0 Å². The van der Waals surface area contributed by atoms with Gasteiger partial charge >= 0.3 is 0 Å². The molecule has 1 aromatic rings. The van der Waals surface area contributed by atoms with Crippen LogP contribution >= 0.6 is 11.3 Å². The zero-order valence-corrected chi connectivity index (χ0v) is 11.6. The number of amides is 2. The molecule has 0 aromatic carbocycles. The minimum atomic E-state index is -0.341. The Balaban J connectivity index is 1.95. The van der Waals surface area contributed by atoms with Crippen molar-refractivity contribution in [3.63, 3.8) is 0 Å². The highest BCUT2D eigenvalue weighted by atomic mass is 32.1. The Labute approximate surface area is 114 Å². The van der Waals surface area contributed by atoms with E-state index in [1.54, 1.807) is 0 Å². The molecule has 2 N–H and O–H groups in total. The fourth-order valence-electron chi connectivity index (χ4n) is 1.54. The van der Waals surface area contributed by atoms with Crippen LogP contribution in [0.25, 0.3) is 0 Å². The summed E-state index contributed by atoms with van der Waals surface area (Å²) in [4.78, 5) is 22.8. The van der Waals surface area contributed by atoms with Crippen LogP contribution in [-0.4, -0.2) is 27.7 Å². The van der Waals surface area contributed by atoms with Crippen molar-refractivity contribution >= 4 is 34.0 Å². The second kappa shape index (κ2) is 5.87. The number of nitrogens with one attached hydrogen (secondary N) is 2.